The third kappa shape index (κ3) is 2.83. The van der Waals surface area contributed by atoms with E-state index in [1.807, 2.05) is 13.8 Å². The molecule has 96 valence electrons. The fraction of sp³-hybridized carbons (Fsp3) is 0.818. The Morgan fingerprint density at radius 2 is 2.41 bits per heavy atom. The van der Waals surface area contributed by atoms with Crippen molar-refractivity contribution in [2.24, 2.45) is 0 Å². The summed E-state index contributed by atoms with van der Waals surface area (Å²) in [6, 6.07) is 0.0926. The third-order valence-corrected chi connectivity index (χ3v) is 2.96. The number of nitrogens with one attached hydrogen (secondary N) is 1. The van der Waals surface area contributed by atoms with Gasteiger partial charge in [0.1, 0.15) is 6.10 Å². The SMILES string of the molecule is CCOC(C)c1noc([C@H]2C[C@H](OC)CN2)n1. The van der Waals surface area contributed by atoms with Gasteiger partial charge in [0.15, 0.2) is 5.82 Å². The standard InChI is InChI=1S/C11H19N3O3/c1-4-16-7(2)10-13-11(17-14-10)9-5-8(15-3)6-12-9/h7-9,12H,4-6H2,1-3H3/t7?,8-,9+/m0/s1. The number of hydrogen-bond acceptors (Lipinski definition) is 6. The van der Waals surface area contributed by atoms with Crippen molar-refractivity contribution in [1.82, 2.24) is 15.5 Å². The molecule has 0 amide bonds. The van der Waals surface area contributed by atoms with E-state index in [2.05, 4.69) is 15.5 Å². The van der Waals surface area contributed by atoms with Gasteiger partial charge < -0.3 is 19.3 Å². The van der Waals surface area contributed by atoms with Crippen molar-refractivity contribution in [3.05, 3.63) is 11.7 Å². The highest BCUT2D eigenvalue weighted by atomic mass is 16.5. The van der Waals surface area contributed by atoms with Crippen LogP contribution in [0.4, 0.5) is 0 Å². The molecule has 17 heavy (non-hydrogen) atoms. The zero-order valence-corrected chi connectivity index (χ0v) is 10.5. The second-order valence-corrected chi connectivity index (χ2v) is 4.14. The second kappa shape index (κ2) is 5.57. The summed E-state index contributed by atoms with van der Waals surface area (Å²) in [4.78, 5) is 4.36. The van der Waals surface area contributed by atoms with Crippen LogP contribution in [0.2, 0.25) is 0 Å². The molecule has 1 aliphatic heterocycles. The van der Waals surface area contributed by atoms with Crippen LogP contribution in [0.1, 0.15) is 44.1 Å². The number of aromatic nitrogens is 2. The monoisotopic (exact) mass is 241 g/mol. The largest absolute Gasteiger partial charge is 0.380 e. The van der Waals surface area contributed by atoms with E-state index in [1.165, 1.54) is 0 Å². The lowest BCUT2D eigenvalue weighted by Crippen LogP contribution is -2.16. The number of rotatable bonds is 5. The van der Waals surface area contributed by atoms with E-state index in [0.717, 1.165) is 13.0 Å². The summed E-state index contributed by atoms with van der Waals surface area (Å²) in [5.41, 5.74) is 0. The van der Waals surface area contributed by atoms with E-state index < -0.39 is 0 Å². The lowest BCUT2D eigenvalue weighted by Gasteiger charge is -2.06. The molecule has 1 aromatic rings. The van der Waals surface area contributed by atoms with Crippen LogP contribution in [0.15, 0.2) is 4.52 Å². The molecule has 2 heterocycles. The van der Waals surface area contributed by atoms with Gasteiger partial charge in [-0.2, -0.15) is 4.98 Å². The molecule has 3 atom stereocenters. The highest BCUT2D eigenvalue weighted by molar-refractivity contribution is 4.99. The molecule has 1 aromatic heterocycles. The minimum atomic E-state index is -0.128. The van der Waals surface area contributed by atoms with Crippen molar-refractivity contribution in [2.45, 2.75) is 38.5 Å². The van der Waals surface area contributed by atoms with E-state index in [9.17, 15) is 0 Å². The fourth-order valence-electron chi connectivity index (χ4n) is 1.95. The smallest absolute Gasteiger partial charge is 0.243 e. The molecular weight excluding hydrogens is 222 g/mol. The predicted molar refractivity (Wildman–Crippen MR) is 60.5 cm³/mol. The Labute approximate surface area is 101 Å². The second-order valence-electron chi connectivity index (χ2n) is 4.14. The summed E-state index contributed by atoms with van der Waals surface area (Å²) < 4.78 is 15.9. The normalized spacial score (nSPS) is 26.3. The average molecular weight is 241 g/mol. The Hall–Kier alpha value is -0.980. The third-order valence-electron chi connectivity index (χ3n) is 2.96. The summed E-state index contributed by atoms with van der Waals surface area (Å²) in [5, 5.41) is 7.23. The Kier molecular flexibility index (Phi) is 4.09. The topological polar surface area (TPSA) is 69.4 Å². The molecule has 1 unspecified atom stereocenters. The van der Waals surface area contributed by atoms with Crippen LogP contribution < -0.4 is 5.32 Å². The van der Waals surface area contributed by atoms with Crippen molar-refractivity contribution >= 4 is 0 Å². The van der Waals surface area contributed by atoms with E-state index in [4.69, 9.17) is 14.0 Å². The average Bonchev–Trinajstić information content (AvgIpc) is 2.98. The van der Waals surface area contributed by atoms with E-state index in [0.29, 0.717) is 18.3 Å². The highest BCUT2D eigenvalue weighted by Gasteiger charge is 2.29. The number of ether oxygens (including phenoxy) is 2. The number of nitrogens with zero attached hydrogens (tertiary/aromatic N) is 2. The van der Waals surface area contributed by atoms with Crippen molar-refractivity contribution in [2.75, 3.05) is 20.3 Å². The van der Waals surface area contributed by atoms with Crippen LogP contribution >= 0.6 is 0 Å². The molecule has 0 saturated carbocycles. The predicted octanol–water partition coefficient (Wildman–Crippen LogP) is 1.22. The van der Waals surface area contributed by atoms with Gasteiger partial charge in [-0.05, 0) is 20.3 Å². The summed E-state index contributed by atoms with van der Waals surface area (Å²) in [5.74, 6) is 1.22. The fourth-order valence-corrected chi connectivity index (χ4v) is 1.95. The van der Waals surface area contributed by atoms with Gasteiger partial charge in [-0.3, -0.25) is 0 Å². The van der Waals surface area contributed by atoms with Crippen molar-refractivity contribution in [3.8, 4) is 0 Å². The van der Waals surface area contributed by atoms with Gasteiger partial charge in [0.2, 0.25) is 5.89 Å². The summed E-state index contributed by atoms with van der Waals surface area (Å²) in [7, 11) is 1.71. The van der Waals surface area contributed by atoms with E-state index in [-0.39, 0.29) is 18.2 Å². The van der Waals surface area contributed by atoms with Crippen LogP contribution in [0.25, 0.3) is 0 Å². The van der Waals surface area contributed by atoms with Crippen LogP contribution in [0.3, 0.4) is 0 Å². The Morgan fingerprint density at radius 1 is 1.59 bits per heavy atom. The molecule has 6 nitrogen and oxygen atoms in total. The van der Waals surface area contributed by atoms with Crippen LogP contribution in [0, 0.1) is 0 Å². The quantitative estimate of drug-likeness (QED) is 0.835. The molecule has 0 aliphatic carbocycles. The minimum absolute atomic E-state index is 0.0926. The van der Waals surface area contributed by atoms with Gasteiger partial charge in [0, 0.05) is 20.3 Å². The lowest BCUT2D eigenvalue weighted by molar-refractivity contribution is 0.0683. The Balaban J connectivity index is 1.98. The molecule has 2 rings (SSSR count). The maximum absolute atomic E-state index is 5.42. The van der Waals surface area contributed by atoms with Crippen LogP contribution in [-0.2, 0) is 9.47 Å². The van der Waals surface area contributed by atoms with Crippen LogP contribution in [0.5, 0.6) is 0 Å². The van der Waals surface area contributed by atoms with Gasteiger partial charge in [-0.1, -0.05) is 5.16 Å². The molecule has 1 N–H and O–H groups in total. The van der Waals surface area contributed by atoms with Crippen molar-refractivity contribution < 1.29 is 14.0 Å². The first-order chi connectivity index (χ1) is 8.24. The molecule has 1 aliphatic rings. The molecule has 1 fully saturated rings. The van der Waals surface area contributed by atoms with Crippen molar-refractivity contribution in [1.29, 1.82) is 0 Å². The molecule has 6 heteroatoms. The zero-order chi connectivity index (χ0) is 12.3. The molecular formula is C11H19N3O3. The van der Waals surface area contributed by atoms with E-state index >= 15 is 0 Å². The molecule has 0 spiro atoms. The van der Waals surface area contributed by atoms with E-state index in [1.54, 1.807) is 7.11 Å². The Morgan fingerprint density at radius 3 is 3.06 bits per heavy atom. The summed E-state index contributed by atoms with van der Waals surface area (Å²) in [6.07, 6.45) is 0.957. The van der Waals surface area contributed by atoms with Gasteiger partial charge in [-0.25, -0.2) is 0 Å². The summed E-state index contributed by atoms with van der Waals surface area (Å²) >= 11 is 0. The molecule has 0 radical (unpaired) electrons. The highest BCUT2D eigenvalue weighted by Crippen LogP contribution is 2.24. The van der Waals surface area contributed by atoms with Gasteiger partial charge in [0.25, 0.3) is 0 Å². The first kappa shape index (κ1) is 12.5. The Bertz CT molecular complexity index is 355. The van der Waals surface area contributed by atoms with Gasteiger partial charge in [-0.15, -0.1) is 0 Å². The molecule has 1 saturated heterocycles. The minimum Gasteiger partial charge on any atom is -0.380 e. The maximum atomic E-state index is 5.42. The maximum Gasteiger partial charge on any atom is 0.243 e. The van der Waals surface area contributed by atoms with Crippen LogP contribution in [-0.4, -0.2) is 36.5 Å². The lowest BCUT2D eigenvalue weighted by atomic mass is 10.2. The van der Waals surface area contributed by atoms with Gasteiger partial charge >= 0.3 is 0 Å². The van der Waals surface area contributed by atoms with Crippen molar-refractivity contribution in [3.63, 3.8) is 0 Å². The molecule has 0 bridgehead atoms. The number of hydrogen-bond donors (Lipinski definition) is 1. The number of methoxy groups -OCH3 is 1. The first-order valence-electron chi connectivity index (χ1n) is 5.95. The van der Waals surface area contributed by atoms with Gasteiger partial charge in [0.05, 0.1) is 12.1 Å². The first-order valence-corrected chi connectivity index (χ1v) is 5.95. The zero-order valence-electron chi connectivity index (χ0n) is 10.5. The summed E-state index contributed by atoms with van der Waals surface area (Å²) in [6.45, 7) is 5.32. The molecule has 0 aromatic carbocycles.